The number of nitrogens with one attached hydrogen (secondary N) is 1. The number of rotatable bonds is 4. The van der Waals surface area contributed by atoms with Crippen LogP contribution in [0.3, 0.4) is 0 Å². The summed E-state index contributed by atoms with van der Waals surface area (Å²) in [6.07, 6.45) is 10.7. The van der Waals surface area contributed by atoms with Crippen LogP contribution in [-0.2, 0) is 4.74 Å². The van der Waals surface area contributed by atoms with Gasteiger partial charge in [0.05, 0.1) is 6.10 Å². The van der Waals surface area contributed by atoms with Crippen LogP contribution in [0.2, 0.25) is 0 Å². The van der Waals surface area contributed by atoms with E-state index in [2.05, 4.69) is 30.3 Å². The summed E-state index contributed by atoms with van der Waals surface area (Å²) in [7, 11) is 0. The molecule has 0 aromatic rings. The molecule has 0 spiro atoms. The van der Waals surface area contributed by atoms with E-state index in [4.69, 9.17) is 4.74 Å². The average Bonchev–Trinajstić information content (AvgIpc) is 2.76. The fourth-order valence-corrected chi connectivity index (χ4v) is 3.91. The molecule has 1 aliphatic carbocycles. The zero-order valence-electron chi connectivity index (χ0n) is 10.6. The predicted octanol–water partition coefficient (Wildman–Crippen LogP) is 2.82. The minimum absolute atomic E-state index is 0.444. The minimum Gasteiger partial charge on any atom is -0.378 e. The van der Waals surface area contributed by atoms with Gasteiger partial charge in [-0.1, -0.05) is 12.8 Å². The Labute approximate surface area is 104 Å². The second kappa shape index (κ2) is 5.74. The van der Waals surface area contributed by atoms with Crippen molar-refractivity contribution in [1.29, 1.82) is 0 Å². The first-order valence-electron chi connectivity index (χ1n) is 6.64. The minimum atomic E-state index is 0.444. The molecule has 2 atom stereocenters. The van der Waals surface area contributed by atoms with Crippen molar-refractivity contribution in [3.05, 3.63) is 0 Å². The van der Waals surface area contributed by atoms with Crippen LogP contribution in [0.25, 0.3) is 0 Å². The SMILES string of the molecule is CSC1(CNC2CCOC(C)C2)CCCC1. The Kier molecular flexibility index (Phi) is 4.57. The Morgan fingerprint density at radius 3 is 2.75 bits per heavy atom. The fraction of sp³-hybridized carbons (Fsp3) is 1.00. The zero-order chi connectivity index (χ0) is 11.4. The highest BCUT2D eigenvalue weighted by Crippen LogP contribution is 2.39. The molecule has 0 aromatic heterocycles. The summed E-state index contributed by atoms with van der Waals surface area (Å²) in [4.78, 5) is 0. The normalized spacial score (nSPS) is 34.1. The lowest BCUT2D eigenvalue weighted by Gasteiger charge is -2.33. The van der Waals surface area contributed by atoms with Crippen molar-refractivity contribution in [1.82, 2.24) is 5.32 Å². The molecule has 94 valence electrons. The highest BCUT2D eigenvalue weighted by molar-refractivity contribution is 8.00. The lowest BCUT2D eigenvalue weighted by atomic mass is 10.0. The number of thioether (sulfide) groups is 1. The maximum Gasteiger partial charge on any atom is 0.0561 e. The van der Waals surface area contributed by atoms with Gasteiger partial charge in [-0.2, -0.15) is 11.8 Å². The molecular formula is C13H25NOS. The monoisotopic (exact) mass is 243 g/mol. The average molecular weight is 243 g/mol. The molecule has 16 heavy (non-hydrogen) atoms. The molecule has 1 saturated heterocycles. The van der Waals surface area contributed by atoms with Crippen LogP contribution in [0, 0.1) is 0 Å². The Balaban J connectivity index is 1.77. The van der Waals surface area contributed by atoms with E-state index in [1.807, 2.05) is 0 Å². The first kappa shape index (κ1) is 12.7. The van der Waals surface area contributed by atoms with Crippen molar-refractivity contribution in [3.8, 4) is 0 Å². The van der Waals surface area contributed by atoms with Gasteiger partial charge in [0, 0.05) is 23.9 Å². The molecule has 0 bridgehead atoms. The number of hydrogen-bond donors (Lipinski definition) is 1. The second-order valence-corrected chi connectivity index (χ2v) is 6.65. The van der Waals surface area contributed by atoms with Crippen molar-refractivity contribution < 1.29 is 4.74 Å². The van der Waals surface area contributed by atoms with Gasteiger partial charge in [-0.3, -0.25) is 0 Å². The van der Waals surface area contributed by atoms with Crippen LogP contribution in [0.5, 0.6) is 0 Å². The standard InChI is InChI=1S/C13H25NOS/c1-11-9-12(5-8-15-11)14-10-13(16-2)6-3-4-7-13/h11-12,14H,3-10H2,1-2H3. The molecule has 3 heteroatoms. The van der Waals surface area contributed by atoms with E-state index < -0.39 is 0 Å². The Morgan fingerprint density at radius 2 is 2.12 bits per heavy atom. The largest absolute Gasteiger partial charge is 0.378 e. The van der Waals surface area contributed by atoms with Gasteiger partial charge in [-0.15, -0.1) is 0 Å². The van der Waals surface area contributed by atoms with Crippen LogP contribution < -0.4 is 5.32 Å². The second-order valence-electron chi connectivity index (χ2n) is 5.38. The first-order valence-corrected chi connectivity index (χ1v) is 7.87. The number of hydrogen-bond acceptors (Lipinski definition) is 3. The molecule has 2 unspecified atom stereocenters. The summed E-state index contributed by atoms with van der Waals surface area (Å²) in [5, 5.41) is 3.78. The Bertz CT molecular complexity index is 216. The van der Waals surface area contributed by atoms with Gasteiger partial charge in [-0.25, -0.2) is 0 Å². The number of ether oxygens (including phenoxy) is 1. The van der Waals surface area contributed by atoms with E-state index in [0.29, 0.717) is 16.9 Å². The predicted molar refractivity (Wildman–Crippen MR) is 71.2 cm³/mol. The van der Waals surface area contributed by atoms with Gasteiger partial charge >= 0.3 is 0 Å². The summed E-state index contributed by atoms with van der Waals surface area (Å²) in [6, 6.07) is 0.688. The van der Waals surface area contributed by atoms with Crippen molar-refractivity contribution >= 4 is 11.8 Å². The van der Waals surface area contributed by atoms with Gasteiger partial charge in [0.15, 0.2) is 0 Å². The van der Waals surface area contributed by atoms with Gasteiger partial charge in [0.1, 0.15) is 0 Å². The van der Waals surface area contributed by atoms with Gasteiger partial charge in [0.25, 0.3) is 0 Å². The summed E-state index contributed by atoms with van der Waals surface area (Å²) < 4.78 is 6.13. The van der Waals surface area contributed by atoms with Crippen LogP contribution >= 0.6 is 11.8 Å². The van der Waals surface area contributed by atoms with Crippen molar-refractivity contribution in [3.63, 3.8) is 0 Å². The van der Waals surface area contributed by atoms with Crippen molar-refractivity contribution in [2.75, 3.05) is 19.4 Å². The molecular weight excluding hydrogens is 218 g/mol. The molecule has 2 nitrogen and oxygen atoms in total. The van der Waals surface area contributed by atoms with Crippen LogP contribution in [0.1, 0.15) is 45.4 Å². The lowest BCUT2D eigenvalue weighted by molar-refractivity contribution is 0.0130. The smallest absolute Gasteiger partial charge is 0.0561 e. The molecule has 1 heterocycles. The van der Waals surface area contributed by atoms with Gasteiger partial charge in [0.2, 0.25) is 0 Å². The topological polar surface area (TPSA) is 21.3 Å². The summed E-state index contributed by atoms with van der Waals surface area (Å²) >= 11 is 2.08. The van der Waals surface area contributed by atoms with E-state index in [1.165, 1.54) is 45.1 Å². The van der Waals surface area contributed by atoms with Crippen molar-refractivity contribution in [2.45, 2.75) is 62.3 Å². The molecule has 2 aliphatic rings. The summed E-state index contributed by atoms with van der Waals surface area (Å²) in [5.41, 5.74) is 0. The fourth-order valence-electron chi connectivity index (χ4n) is 2.99. The Morgan fingerprint density at radius 1 is 1.38 bits per heavy atom. The third kappa shape index (κ3) is 3.14. The lowest BCUT2D eigenvalue weighted by Crippen LogP contribution is -2.44. The maximum atomic E-state index is 5.59. The molecule has 1 aliphatic heterocycles. The molecule has 0 radical (unpaired) electrons. The van der Waals surface area contributed by atoms with E-state index >= 15 is 0 Å². The summed E-state index contributed by atoms with van der Waals surface area (Å²) in [5.74, 6) is 0. The quantitative estimate of drug-likeness (QED) is 0.820. The van der Waals surface area contributed by atoms with E-state index in [0.717, 1.165) is 6.61 Å². The van der Waals surface area contributed by atoms with Gasteiger partial charge < -0.3 is 10.1 Å². The van der Waals surface area contributed by atoms with Crippen molar-refractivity contribution in [2.24, 2.45) is 0 Å². The highest BCUT2D eigenvalue weighted by atomic mass is 32.2. The molecule has 1 saturated carbocycles. The molecule has 0 amide bonds. The third-order valence-electron chi connectivity index (χ3n) is 4.15. The van der Waals surface area contributed by atoms with E-state index in [1.54, 1.807) is 0 Å². The Hall–Kier alpha value is 0.270. The summed E-state index contributed by atoms with van der Waals surface area (Å²) in [6.45, 7) is 4.32. The van der Waals surface area contributed by atoms with Gasteiger partial charge in [-0.05, 0) is 38.9 Å². The highest BCUT2D eigenvalue weighted by Gasteiger charge is 2.33. The van der Waals surface area contributed by atoms with E-state index in [-0.39, 0.29) is 0 Å². The van der Waals surface area contributed by atoms with E-state index in [9.17, 15) is 0 Å². The van der Waals surface area contributed by atoms with Crippen LogP contribution in [0.4, 0.5) is 0 Å². The maximum absolute atomic E-state index is 5.59. The zero-order valence-corrected chi connectivity index (χ0v) is 11.4. The van der Waals surface area contributed by atoms with Crippen LogP contribution in [-0.4, -0.2) is 36.3 Å². The first-order chi connectivity index (χ1) is 7.74. The molecule has 0 aromatic carbocycles. The molecule has 1 N–H and O–H groups in total. The molecule has 2 rings (SSSR count). The van der Waals surface area contributed by atoms with Crippen LogP contribution in [0.15, 0.2) is 0 Å². The molecule has 2 fully saturated rings. The third-order valence-corrected chi connectivity index (χ3v) is 5.56.